The van der Waals surface area contributed by atoms with Gasteiger partial charge in [-0.15, -0.1) is 0 Å². The van der Waals surface area contributed by atoms with Gasteiger partial charge in [-0.3, -0.25) is 4.79 Å². The molecule has 0 aliphatic heterocycles. The van der Waals surface area contributed by atoms with E-state index < -0.39 is 5.82 Å². The third-order valence-corrected chi connectivity index (χ3v) is 2.70. The van der Waals surface area contributed by atoms with Gasteiger partial charge in [0, 0.05) is 24.5 Å². The number of halogens is 1. The molecule has 0 bridgehead atoms. The summed E-state index contributed by atoms with van der Waals surface area (Å²) in [4.78, 5) is 11.8. The van der Waals surface area contributed by atoms with E-state index in [1.165, 1.54) is 16.9 Å². The van der Waals surface area contributed by atoms with Crippen molar-refractivity contribution in [1.29, 1.82) is 0 Å². The summed E-state index contributed by atoms with van der Waals surface area (Å²) in [5, 5.41) is 3.81. The van der Waals surface area contributed by atoms with Crippen LogP contribution in [-0.2, 0) is 7.05 Å². The molecule has 0 unspecified atom stereocenters. The average molecular weight is 233 g/mol. The largest absolute Gasteiger partial charge is 0.398 e. The molecule has 0 radical (unpaired) electrons. The summed E-state index contributed by atoms with van der Waals surface area (Å²) in [5.41, 5.74) is 6.97. The fourth-order valence-electron chi connectivity index (χ4n) is 1.58. The minimum Gasteiger partial charge on any atom is -0.398 e. The maximum Gasteiger partial charge on any atom is 0.274 e. The first kappa shape index (κ1) is 11.3. The lowest BCUT2D eigenvalue weighted by molar-refractivity contribution is 0.620. The lowest BCUT2D eigenvalue weighted by Crippen LogP contribution is -2.20. The third-order valence-electron chi connectivity index (χ3n) is 2.70. The van der Waals surface area contributed by atoms with Crippen molar-refractivity contribution in [3.8, 4) is 11.1 Å². The third kappa shape index (κ3) is 1.91. The van der Waals surface area contributed by atoms with E-state index >= 15 is 0 Å². The number of rotatable bonds is 1. The topological polar surface area (TPSA) is 60.9 Å². The quantitative estimate of drug-likeness (QED) is 0.759. The molecule has 4 nitrogen and oxygen atoms in total. The Hall–Kier alpha value is -2.17. The van der Waals surface area contributed by atoms with Crippen LogP contribution in [0, 0.1) is 12.7 Å². The summed E-state index contributed by atoms with van der Waals surface area (Å²) in [6.45, 7) is 1.60. The molecule has 17 heavy (non-hydrogen) atoms. The second-order valence-electron chi connectivity index (χ2n) is 3.85. The van der Waals surface area contributed by atoms with Gasteiger partial charge in [0.15, 0.2) is 0 Å². The maximum absolute atomic E-state index is 13.6. The molecule has 0 atom stereocenters. The summed E-state index contributed by atoms with van der Waals surface area (Å²) >= 11 is 0. The molecule has 1 heterocycles. The van der Waals surface area contributed by atoms with Gasteiger partial charge in [0.2, 0.25) is 0 Å². The fourth-order valence-corrected chi connectivity index (χ4v) is 1.58. The highest BCUT2D eigenvalue weighted by atomic mass is 19.1. The van der Waals surface area contributed by atoms with Crippen LogP contribution in [0.25, 0.3) is 11.1 Å². The van der Waals surface area contributed by atoms with Crippen LogP contribution in [0.4, 0.5) is 10.1 Å². The number of nitrogens with two attached hydrogens (primary N) is 1. The average Bonchev–Trinajstić information content (AvgIpc) is 2.29. The zero-order valence-corrected chi connectivity index (χ0v) is 9.57. The summed E-state index contributed by atoms with van der Waals surface area (Å²) in [6, 6.07) is 4.45. The van der Waals surface area contributed by atoms with Gasteiger partial charge in [-0.25, -0.2) is 9.07 Å². The molecule has 0 amide bonds. The molecule has 2 N–H and O–H groups in total. The van der Waals surface area contributed by atoms with Crippen molar-refractivity contribution in [3.63, 3.8) is 0 Å². The number of aryl methyl sites for hydroxylation is 1. The van der Waals surface area contributed by atoms with Gasteiger partial charge in [0.25, 0.3) is 5.56 Å². The van der Waals surface area contributed by atoms with Crippen molar-refractivity contribution in [1.82, 2.24) is 9.78 Å². The van der Waals surface area contributed by atoms with Crippen LogP contribution < -0.4 is 11.3 Å². The molecule has 0 fully saturated rings. The molecule has 0 spiro atoms. The van der Waals surface area contributed by atoms with E-state index in [4.69, 9.17) is 5.73 Å². The fraction of sp³-hybridized carbons (Fsp3) is 0.167. The van der Waals surface area contributed by atoms with Crippen LogP contribution in [0.1, 0.15) is 5.56 Å². The highest BCUT2D eigenvalue weighted by Gasteiger charge is 2.09. The zero-order valence-electron chi connectivity index (χ0n) is 9.57. The second kappa shape index (κ2) is 4.01. The van der Waals surface area contributed by atoms with Crippen LogP contribution in [0.3, 0.4) is 0 Å². The van der Waals surface area contributed by atoms with Crippen LogP contribution in [0.5, 0.6) is 0 Å². The molecule has 0 saturated heterocycles. The number of hydrogen-bond donors (Lipinski definition) is 1. The number of aromatic nitrogens is 2. The molecule has 5 heteroatoms. The Morgan fingerprint density at radius 1 is 1.41 bits per heavy atom. The summed E-state index contributed by atoms with van der Waals surface area (Å²) in [7, 11) is 1.54. The van der Waals surface area contributed by atoms with E-state index in [9.17, 15) is 9.18 Å². The van der Waals surface area contributed by atoms with Gasteiger partial charge in [0.1, 0.15) is 5.82 Å². The van der Waals surface area contributed by atoms with Crippen LogP contribution in [-0.4, -0.2) is 9.78 Å². The van der Waals surface area contributed by atoms with E-state index in [0.29, 0.717) is 22.4 Å². The Bertz CT molecular complexity index is 611. The van der Waals surface area contributed by atoms with Crippen molar-refractivity contribution in [2.75, 3.05) is 5.73 Å². The standard InChI is InChI=1S/C12H12FN3O/c1-7-10(13)5-8(6-11(7)14)9-3-4-15-16(2)12(9)17/h3-6H,14H2,1-2H3. The Morgan fingerprint density at radius 2 is 2.12 bits per heavy atom. The van der Waals surface area contributed by atoms with Crippen molar-refractivity contribution in [3.05, 3.63) is 46.1 Å². The SMILES string of the molecule is Cc1c(N)cc(-c2ccnn(C)c2=O)cc1F. The Balaban J connectivity index is 2.70. The zero-order chi connectivity index (χ0) is 12.6. The summed E-state index contributed by atoms with van der Waals surface area (Å²) in [5.74, 6) is -0.418. The number of nitrogen functional groups attached to an aromatic ring is 1. The van der Waals surface area contributed by atoms with Crippen LogP contribution in [0.15, 0.2) is 29.2 Å². The molecule has 2 rings (SSSR count). The van der Waals surface area contributed by atoms with Gasteiger partial charge in [-0.1, -0.05) is 0 Å². The lowest BCUT2D eigenvalue weighted by atomic mass is 10.0. The summed E-state index contributed by atoms with van der Waals surface area (Å²) in [6.07, 6.45) is 1.49. The molecule has 2 aromatic rings. The van der Waals surface area contributed by atoms with Crippen LogP contribution >= 0.6 is 0 Å². The van der Waals surface area contributed by atoms with Crippen LogP contribution in [0.2, 0.25) is 0 Å². The van der Waals surface area contributed by atoms with Crippen molar-refractivity contribution in [2.45, 2.75) is 6.92 Å². The van der Waals surface area contributed by atoms with Crippen molar-refractivity contribution in [2.24, 2.45) is 7.05 Å². The predicted octanol–water partition coefficient (Wildman–Crippen LogP) is 1.48. The molecule has 0 saturated carbocycles. The first-order valence-corrected chi connectivity index (χ1v) is 5.09. The van der Waals surface area contributed by atoms with Gasteiger partial charge in [-0.2, -0.15) is 5.10 Å². The molecular weight excluding hydrogens is 221 g/mol. The van der Waals surface area contributed by atoms with E-state index in [-0.39, 0.29) is 5.56 Å². The molecular formula is C12H12FN3O. The lowest BCUT2D eigenvalue weighted by Gasteiger charge is -2.07. The van der Waals surface area contributed by atoms with E-state index in [1.54, 1.807) is 26.1 Å². The van der Waals surface area contributed by atoms with E-state index in [2.05, 4.69) is 5.10 Å². The monoisotopic (exact) mass is 233 g/mol. The normalized spacial score (nSPS) is 10.5. The first-order valence-electron chi connectivity index (χ1n) is 5.09. The first-order chi connectivity index (χ1) is 8.00. The van der Waals surface area contributed by atoms with E-state index in [1.807, 2.05) is 0 Å². The maximum atomic E-state index is 13.6. The Morgan fingerprint density at radius 3 is 2.76 bits per heavy atom. The second-order valence-corrected chi connectivity index (χ2v) is 3.85. The Labute approximate surface area is 97.5 Å². The molecule has 0 aliphatic carbocycles. The number of anilines is 1. The van der Waals surface area contributed by atoms with Gasteiger partial charge in [0.05, 0.1) is 5.56 Å². The molecule has 0 aliphatic rings. The highest BCUT2D eigenvalue weighted by molar-refractivity contribution is 5.68. The minimum atomic E-state index is -0.418. The predicted molar refractivity (Wildman–Crippen MR) is 64.0 cm³/mol. The van der Waals surface area contributed by atoms with Gasteiger partial charge < -0.3 is 5.73 Å². The minimum absolute atomic E-state index is 0.282. The molecule has 88 valence electrons. The van der Waals surface area contributed by atoms with E-state index in [0.717, 1.165) is 0 Å². The van der Waals surface area contributed by atoms with Gasteiger partial charge in [-0.05, 0) is 30.7 Å². The smallest absolute Gasteiger partial charge is 0.274 e. The highest BCUT2D eigenvalue weighted by Crippen LogP contribution is 2.23. The summed E-state index contributed by atoms with van der Waals surface area (Å²) < 4.78 is 14.8. The molecule has 1 aromatic carbocycles. The van der Waals surface area contributed by atoms with Gasteiger partial charge >= 0.3 is 0 Å². The molecule has 1 aromatic heterocycles. The van der Waals surface area contributed by atoms with Crippen molar-refractivity contribution < 1.29 is 4.39 Å². The number of nitrogens with zero attached hydrogens (tertiary/aromatic N) is 2. The van der Waals surface area contributed by atoms with Crippen molar-refractivity contribution >= 4 is 5.69 Å². The Kier molecular flexibility index (Phi) is 2.67. The number of hydrogen-bond acceptors (Lipinski definition) is 3. The number of benzene rings is 1.